The van der Waals surface area contributed by atoms with Crippen LogP contribution in [0.5, 0.6) is 0 Å². The maximum atomic E-state index is 12.9. The predicted octanol–water partition coefficient (Wildman–Crippen LogP) is 6.13. The highest BCUT2D eigenvalue weighted by atomic mass is 32.2. The highest BCUT2D eigenvalue weighted by Crippen LogP contribution is 2.43. The van der Waals surface area contributed by atoms with Gasteiger partial charge in [-0.3, -0.25) is 9.69 Å². The number of thiophene rings is 2. The average molecular weight is 486 g/mol. The smallest absolute Gasteiger partial charge is 0.266 e. The summed E-state index contributed by atoms with van der Waals surface area (Å²) in [5.41, 5.74) is 3.83. The van der Waals surface area contributed by atoms with E-state index >= 15 is 0 Å². The molecule has 1 aromatic carbocycles. The highest BCUT2D eigenvalue weighted by Gasteiger charge is 2.31. The van der Waals surface area contributed by atoms with E-state index in [1.165, 1.54) is 37.8 Å². The van der Waals surface area contributed by atoms with Crippen LogP contribution in [0.1, 0.15) is 44.2 Å². The van der Waals surface area contributed by atoms with E-state index in [1.54, 1.807) is 23.1 Å². The lowest BCUT2D eigenvalue weighted by atomic mass is 9.94. The van der Waals surface area contributed by atoms with Gasteiger partial charge >= 0.3 is 0 Å². The zero-order valence-corrected chi connectivity index (χ0v) is 21.6. The minimum atomic E-state index is -0.0187. The number of aryl methyl sites for hydroxylation is 1. The molecule has 1 saturated heterocycles. The van der Waals surface area contributed by atoms with Crippen molar-refractivity contribution in [2.24, 2.45) is 0 Å². The molecule has 1 aliphatic heterocycles. The van der Waals surface area contributed by atoms with Gasteiger partial charge in [-0.05, 0) is 61.4 Å². The van der Waals surface area contributed by atoms with Crippen LogP contribution in [0, 0.1) is 13.8 Å². The quantitative estimate of drug-likeness (QED) is 0.409. The maximum absolute atomic E-state index is 12.9. The molecule has 0 aliphatic carbocycles. The molecular weight excluding hydrogens is 454 g/mol. The van der Waals surface area contributed by atoms with Crippen molar-refractivity contribution in [2.45, 2.75) is 31.7 Å². The van der Waals surface area contributed by atoms with Gasteiger partial charge in [0, 0.05) is 41.5 Å². The molecule has 1 N–H and O–H groups in total. The SMILES string of the molecule is CCN1CCN([C@@H](c2ccc(SC)cc2)c2c(NC(=O)c3cccs3)sc(C)c2C)CC1. The largest absolute Gasteiger partial charge is 0.313 e. The first-order chi connectivity index (χ1) is 15.5. The van der Waals surface area contributed by atoms with Crippen LogP contribution >= 0.6 is 34.4 Å². The predicted molar refractivity (Wildman–Crippen MR) is 140 cm³/mol. The molecule has 0 unspecified atom stereocenters. The average Bonchev–Trinajstić information content (AvgIpc) is 3.45. The summed E-state index contributed by atoms with van der Waals surface area (Å²) >= 11 is 4.95. The number of nitrogens with one attached hydrogen (secondary N) is 1. The summed E-state index contributed by atoms with van der Waals surface area (Å²) in [6.07, 6.45) is 2.11. The number of amides is 1. The van der Waals surface area contributed by atoms with E-state index in [-0.39, 0.29) is 11.9 Å². The molecule has 4 nitrogen and oxygen atoms in total. The van der Waals surface area contributed by atoms with Crippen LogP contribution in [0.2, 0.25) is 0 Å². The number of carbonyl (C=O) groups excluding carboxylic acids is 1. The molecule has 170 valence electrons. The van der Waals surface area contributed by atoms with Gasteiger partial charge in [0.05, 0.1) is 10.9 Å². The molecule has 0 spiro atoms. The van der Waals surface area contributed by atoms with Crippen LogP contribution in [0.4, 0.5) is 5.00 Å². The summed E-state index contributed by atoms with van der Waals surface area (Å²) in [6.45, 7) is 11.9. The van der Waals surface area contributed by atoms with Crippen LogP contribution in [-0.4, -0.2) is 54.7 Å². The van der Waals surface area contributed by atoms with Crippen molar-refractivity contribution in [2.75, 3.05) is 44.3 Å². The molecule has 4 rings (SSSR count). The monoisotopic (exact) mass is 485 g/mol. The van der Waals surface area contributed by atoms with Crippen LogP contribution in [0.25, 0.3) is 0 Å². The van der Waals surface area contributed by atoms with Crippen LogP contribution < -0.4 is 5.32 Å². The van der Waals surface area contributed by atoms with Crippen molar-refractivity contribution in [1.29, 1.82) is 0 Å². The van der Waals surface area contributed by atoms with E-state index in [2.05, 4.69) is 66.4 Å². The van der Waals surface area contributed by atoms with Gasteiger partial charge in [-0.1, -0.05) is 25.1 Å². The molecule has 1 atom stereocenters. The Kier molecular flexibility index (Phi) is 7.74. The molecule has 1 fully saturated rings. The molecule has 32 heavy (non-hydrogen) atoms. The number of carbonyl (C=O) groups is 1. The zero-order valence-electron chi connectivity index (χ0n) is 19.2. The van der Waals surface area contributed by atoms with Gasteiger partial charge < -0.3 is 10.2 Å². The van der Waals surface area contributed by atoms with E-state index in [0.717, 1.165) is 42.6 Å². The summed E-state index contributed by atoms with van der Waals surface area (Å²) in [5.74, 6) is -0.0187. The molecule has 0 saturated carbocycles. The number of benzene rings is 1. The van der Waals surface area contributed by atoms with Crippen molar-refractivity contribution in [3.8, 4) is 0 Å². The number of hydrogen-bond acceptors (Lipinski definition) is 6. The van der Waals surface area contributed by atoms with Crippen molar-refractivity contribution in [3.63, 3.8) is 0 Å². The van der Waals surface area contributed by atoms with Gasteiger partial charge in [-0.25, -0.2) is 0 Å². The zero-order chi connectivity index (χ0) is 22.7. The Morgan fingerprint density at radius 1 is 1.12 bits per heavy atom. The summed E-state index contributed by atoms with van der Waals surface area (Å²) < 4.78 is 0. The third kappa shape index (κ3) is 4.97. The first kappa shape index (κ1) is 23.5. The van der Waals surface area contributed by atoms with Crippen molar-refractivity contribution in [1.82, 2.24) is 9.80 Å². The fourth-order valence-corrected chi connectivity index (χ4v) is 6.44. The van der Waals surface area contributed by atoms with Gasteiger partial charge in [0.15, 0.2) is 0 Å². The minimum absolute atomic E-state index is 0.0187. The number of piperazine rings is 1. The maximum Gasteiger partial charge on any atom is 0.266 e. The Balaban J connectivity index is 1.74. The number of anilines is 1. The Morgan fingerprint density at radius 2 is 1.84 bits per heavy atom. The molecule has 7 heteroatoms. The van der Waals surface area contributed by atoms with Gasteiger partial charge in [-0.15, -0.1) is 34.4 Å². The van der Waals surface area contributed by atoms with Crippen LogP contribution in [0.3, 0.4) is 0 Å². The van der Waals surface area contributed by atoms with Crippen LogP contribution in [0.15, 0.2) is 46.7 Å². The first-order valence-electron chi connectivity index (χ1n) is 11.1. The molecule has 2 aromatic heterocycles. The van der Waals surface area contributed by atoms with Crippen LogP contribution in [-0.2, 0) is 0 Å². The van der Waals surface area contributed by atoms with Gasteiger partial charge in [0.2, 0.25) is 0 Å². The number of likely N-dealkylation sites (N-methyl/N-ethyl adjacent to an activating group) is 1. The van der Waals surface area contributed by atoms with Crippen molar-refractivity contribution < 1.29 is 4.79 Å². The number of hydrogen-bond donors (Lipinski definition) is 1. The highest BCUT2D eigenvalue weighted by molar-refractivity contribution is 7.98. The molecule has 1 amide bonds. The van der Waals surface area contributed by atoms with E-state index in [0.29, 0.717) is 0 Å². The summed E-state index contributed by atoms with van der Waals surface area (Å²) in [6, 6.07) is 12.9. The van der Waals surface area contributed by atoms with E-state index in [4.69, 9.17) is 0 Å². The second-order valence-corrected chi connectivity index (χ2v) is 11.2. The third-order valence-electron chi connectivity index (χ3n) is 6.33. The molecule has 3 aromatic rings. The topological polar surface area (TPSA) is 35.6 Å². The standard InChI is InChI=1S/C25H31N3OS3/c1-5-27-12-14-28(15-13-27)23(19-8-10-20(30-4)11-9-19)22-17(2)18(3)32-25(22)26-24(29)21-7-6-16-31-21/h6-11,16,23H,5,12-15H2,1-4H3,(H,26,29)/t23-/m0/s1. The second kappa shape index (κ2) is 10.5. The Hall–Kier alpha value is -1.64. The van der Waals surface area contributed by atoms with Crippen molar-refractivity contribution >= 4 is 45.3 Å². The molecule has 1 aliphatic rings. The van der Waals surface area contributed by atoms with E-state index in [9.17, 15) is 4.79 Å². The second-order valence-electron chi connectivity index (χ2n) is 8.10. The van der Waals surface area contributed by atoms with Crippen molar-refractivity contribution in [3.05, 3.63) is 68.2 Å². The summed E-state index contributed by atoms with van der Waals surface area (Å²) in [7, 11) is 0. The number of nitrogens with zero attached hydrogens (tertiary/aromatic N) is 2. The fourth-order valence-electron chi connectivity index (χ4n) is 4.32. The van der Waals surface area contributed by atoms with E-state index < -0.39 is 0 Å². The molecular formula is C25H31N3OS3. The number of rotatable bonds is 7. The minimum Gasteiger partial charge on any atom is -0.313 e. The fraction of sp³-hybridized carbons (Fsp3) is 0.400. The van der Waals surface area contributed by atoms with E-state index in [1.807, 2.05) is 17.5 Å². The van der Waals surface area contributed by atoms with Gasteiger partial charge in [-0.2, -0.15) is 0 Å². The van der Waals surface area contributed by atoms with Gasteiger partial charge in [0.1, 0.15) is 5.00 Å². The normalized spacial score (nSPS) is 16.2. The summed E-state index contributed by atoms with van der Waals surface area (Å²) in [5, 5.41) is 6.19. The van der Waals surface area contributed by atoms with Gasteiger partial charge in [0.25, 0.3) is 5.91 Å². The molecule has 0 radical (unpaired) electrons. The lowest BCUT2D eigenvalue weighted by Crippen LogP contribution is -2.47. The Labute approximate surface area is 203 Å². The lowest BCUT2D eigenvalue weighted by molar-refractivity contribution is 0.102. The number of thioether (sulfide) groups is 1. The first-order valence-corrected chi connectivity index (χ1v) is 14.0. The molecule has 0 bridgehead atoms. The Morgan fingerprint density at radius 3 is 2.44 bits per heavy atom. The molecule has 3 heterocycles. The summed E-state index contributed by atoms with van der Waals surface area (Å²) in [4.78, 5) is 21.3. The third-order valence-corrected chi connectivity index (χ3v) is 9.08. The Bertz CT molecular complexity index is 1040. The lowest BCUT2D eigenvalue weighted by Gasteiger charge is -2.39.